The summed E-state index contributed by atoms with van der Waals surface area (Å²) in [7, 11) is -6.05. The molecule has 0 amide bonds. The first kappa shape index (κ1) is 7.58. The average molecular weight is 182 g/mol. The highest BCUT2D eigenvalue weighted by Crippen LogP contribution is 2.07. The molecule has 0 aromatic heterocycles. The van der Waals surface area contributed by atoms with Crippen molar-refractivity contribution in [2.45, 2.75) is 0 Å². The Balaban J connectivity index is 2.95. The van der Waals surface area contributed by atoms with Crippen molar-refractivity contribution in [1.29, 1.82) is 0 Å². The first-order chi connectivity index (χ1) is 4.52. The molecule has 10 heavy (non-hydrogen) atoms. The number of hydrogen-bond acceptors (Lipinski definition) is 3. The Labute approximate surface area is 60.4 Å². The summed E-state index contributed by atoms with van der Waals surface area (Å²) in [6, 6.07) is 0. The second-order valence-corrected chi connectivity index (χ2v) is 4.40. The number of hydrogen-bond donors (Lipinski definition) is 2. The zero-order chi connectivity index (χ0) is 7.78. The van der Waals surface area contributed by atoms with Crippen LogP contribution < -0.4 is 4.99 Å². The van der Waals surface area contributed by atoms with Gasteiger partial charge in [-0.15, -0.1) is 17.0 Å². The lowest BCUT2D eigenvalue weighted by molar-refractivity contribution is -0.395. The molecule has 0 aromatic rings. The summed E-state index contributed by atoms with van der Waals surface area (Å²) in [6.45, 7) is 0. The molecule has 1 aliphatic heterocycles. The van der Waals surface area contributed by atoms with Crippen LogP contribution in [0.15, 0.2) is 0 Å². The van der Waals surface area contributed by atoms with Crippen molar-refractivity contribution in [3.63, 3.8) is 0 Å². The van der Waals surface area contributed by atoms with E-state index in [4.69, 9.17) is 4.55 Å². The third-order valence-electron chi connectivity index (χ3n) is 0.810. The van der Waals surface area contributed by atoms with Gasteiger partial charge in [-0.3, -0.25) is 8.76 Å². The van der Waals surface area contributed by atoms with Gasteiger partial charge in [0.15, 0.2) is 0 Å². The zero-order valence-corrected chi connectivity index (χ0v) is 6.28. The minimum atomic E-state index is -4.31. The van der Waals surface area contributed by atoms with Crippen LogP contribution in [-0.4, -0.2) is 23.4 Å². The van der Waals surface area contributed by atoms with Gasteiger partial charge >= 0.3 is 0 Å². The van der Waals surface area contributed by atoms with E-state index in [0.717, 1.165) is 5.75 Å². The van der Waals surface area contributed by atoms with Crippen molar-refractivity contribution in [2.24, 2.45) is 0 Å². The summed E-state index contributed by atoms with van der Waals surface area (Å²) in [5.74, 6) is 1.13. The number of nitrogens with one attached hydrogen (secondary N) is 1. The molecule has 1 rings (SSSR count). The van der Waals surface area contributed by atoms with E-state index in [-0.39, 0.29) is 0 Å². The monoisotopic (exact) mass is 182 g/mol. The molecule has 1 aliphatic rings. The fourth-order valence-electron chi connectivity index (χ4n) is 0.462. The maximum Gasteiger partial charge on any atom is 0.290 e. The number of rotatable bonds is 1. The summed E-state index contributed by atoms with van der Waals surface area (Å²) >= 11 is 0. The molecule has 1 heterocycles. The third kappa shape index (κ3) is 1.31. The van der Waals surface area contributed by atoms with E-state index < -0.39 is 25.6 Å². The van der Waals surface area contributed by atoms with Crippen molar-refractivity contribution in [3.8, 4) is 0 Å². The van der Waals surface area contributed by atoms with Gasteiger partial charge < -0.3 is 10.7 Å². The van der Waals surface area contributed by atoms with Gasteiger partial charge in [-0.25, -0.2) is 8.42 Å². The molecule has 0 saturated carbocycles. The highest BCUT2D eigenvalue weighted by Gasteiger charge is 2.22. The van der Waals surface area contributed by atoms with Crippen LogP contribution in [0, 0.1) is 10.5 Å². The lowest BCUT2D eigenvalue weighted by Gasteiger charge is -2.07. The van der Waals surface area contributed by atoms with Crippen LogP contribution in [0.1, 0.15) is 0 Å². The summed E-state index contributed by atoms with van der Waals surface area (Å²) < 4.78 is 38.9. The maximum absolute atomic E-state index is 10.6. The van der Waals surface area contributed by atoms with E-state index >= 15 is 0 Å². The molecule has 0 fully saturated rings. The third-order valence-corrected chi connectivity index (χ3v) is 3.39. The highest BCUT2D eigenvalue weighted by atomic mass is 32.3. The Bertz CT molecular complexity index is 279. The van der Waals surface area contributed by atoms with Crippen LogP contribution >= 0.6 is 0 Å². The molecule has 0 saturated heterocycles. The van der Waals surface area contributed by atoms with E-state index in [2.05, 4.69) is 4.99 Å². The smallest absolute Gasteiger partial charge is 0.290 e. The molecular weight excluding hydrogens is 178 g/mol. The predicted octanol–water partition coefficient (Wildman–Crippen LogP) is -2.60. The van der Waals surface area contributed by atoms with Gasteiger partial charge in [-0.05, 0) is 0 Å². The fourth-order valence-corrected chi connectivity index (χ4v) is 2.18. The summed E-state index contributed by atoms with van der Waals surface area (Å²) in [4.78, 5) is 2.14. The second-order valence-electron chi connectivity index (χ2n) is 1.51. The van der Waals surface area contributed by atoms with Gasteiger partial charge in [0.2, 0.25) is 4.71 Å². The molecule has 0 aromatic carbocycles. The van der Waals surface area contributed by atoms with Gasteiger partial charge in [0.05, 0.1) is 0 Å². The quantitative estimate of drug-likeness (QED) is 0.344. The Hall–Kier alpha value is -0.530. The van der Waals surface area contributed by atoms with Crippen molar-refractivity contribution in [1.82, 2.24) is 0 Å². The van der Waals surface area contributed by atoms with Crippen LogP contribution in [0.2, 0.25) is 0 Å². The average Bonchev–Trinajstić information content (AvgIpc) is 2.11. The topological polar surface area (TPSA) is 85.4 Å². The van der Waals surface area contributed by atoms with Crippen molar-refractivity contribution in [2.75, 3.05) is 0 Å². The van der Waals surface area contributed by atoms with Gasteiger partial charge in [0.25, 0.3) is 10.1 Å². The molecule has 7 heteroatoms. The highest BCUT2D eigenvalue weighted by molar-refractivity contribution is 8.08. The molecular formula is C3H4NO4S2-. The fraction of sp³-hybridized carbons (Fsp3) is 0. The normalized spacial score (nSPS) is 24.9. The van der Waals surface area contributed by atoms with Crippen LogP contribution in [0.5, 0.6) is 0 Å². The largest absolute Gasteiger partial charge is 0.381 e. The van der Waals surface area contributed by atoms with Crippen LogP contribution in [-0.2, 0) is 20.9 Å². The SMILES string of the molecule is O=S1[CH-]C=[NH+][C-]1S(=O)(=O)O. The molecule has 5 nitrogen and oxygen atoms in total. The van der Waals surface area contributed by atoms with Crippen molar-refractivity contribution in [3.05, 3.63) is 10.5 Å². The molecule has 1 unspecified atom stereocenters. The van der Waals surface area contributed by atoms with E-state index in [1.807, 2.05) is 0 Å². The lowest BCUT2D eigenvalue weighted by Crippen LogP contribution is -2.70. The zero-order valence-electron chi connectivity index (χ0n) is 4.64. The van der Waals surface area contributed by atoms with E-state index in [0.29, 0.717) is 0 Å². The predicted molar refractivity (Wildman–Crippen MR) is 34.3 cm³/mol. The van der Waals surface area contributed by atoms with Gasteiger partial charge in [0, 0.05) is 0 Å². The summed E-state index contributed by atoms with van der Waals surface area (Å²) in [5, 5.41) is 0. The summed E-state index contributed by atoms with van der Waals surface area (Å²) in [5.41, 5.74) is 0. The van der Waals surface area contributed by atoms with Gasteiger partial charge in [-0.2, -0.15) is 0 Å². The first-order valence-electron chi connectivity index (χ1n) is 2.20. The molecule has 0 aliphatic carbocycles. The van der Waals surface area contributed by atoms with Crippen molar-refractivity contribution < 1.29 is 22.2 Å². The second kappa shape index (κ2) is 2.26. The molecule has 1 atom stereocenters. The van der Waals surface area contributed by atoms with E-state index in [1.165, 1.54) is 6.21 Å². The molecule has 0 radical (unpaired) electrons. The molecule has 2 N–H and O–H groups in total. The summed E-state index contributed by atoms with van der Waals surface area (Å²) in [6.07, 6.45) is 1.19. The standard InChI is InChI=1S/C3H4NO4S2/c5-9-2-1-4-3(9)10(6,7)8/h1-2,4H,(H,6,7,8)/q-1. The van der Waals surface area contributed by atoms with E-state index in [1.54, 1.807) is 0 Å². The van der Waals surface area contributed by atoms with Gasteiger partial charge in [0.1, 0.15) is 0 Å². The Morgan fingerprint density at radius 3 is 2.50 bits per heavy atom. The van der Waals surface area contributed by atoms with Gasteiger partial charge in [-0.1, -0.05) is 0 Å². The van der Waals surface area contributed by atoms with Crippen LogP contribution in [0.25, 0.3) is 0 Å². The van der Waals surface area contributed by atoms with E-state index in [9.17, 15) is 12.6 Å². The Morgan fingerprint density at radius 1 is 1.70 bits per heavy atom. The molecule has 0 bridgehead atoms. The molecule has 0 spiro atoms. The van der Waals surface area contributed by atoms with Crippen LogP contribution in [0.4, 0.5) is 0 Å². The molecule has 58 valence electrons. The minimum Gasteiger partial charge on any atom is -0.381 e. The first-order valence-corrected chi connectivity index (χ1v) is 4.85. The Morgan fingerprint density at radius 2 is 2.30 bits per heavy atom. The minimum absolute atomic E-state index is 0.576. The maximum atomic E-state index is 10.6. The van der Waals surface area contributed by atoms with Crippen LogP contribution in [0.3, 0.4) is 0 Å². The Kier molecular flexibility index (Phi) is 1.71. The lowest BCUT2D eigenvalue weighted by atomic mass is 10.9. The van der Waals surface area contributed by atoms with Crippen molar-refractivity contribution >= 4 is 27.1 Å².